The van der Waals surface area contributed by atoms with Gasteiger partial charge in [-0.3, -0.25) is 4.79 Å². The molecule has 3 atom stereocenters. The van der Waals surface area contributed by atoms with Crippen molar-refractivity contribution in [1.82, 2.24) is 0 Å². The van der Waals surface area contributed by atoms with Crippen LogP contribution in [0.3, 0.4) is 0 Å². The molecule has 0 saturated carbocycles. The lowest BCUT2D eigenvalue weighted by Crippen LogP contribution is -2.33. The molecule has 3 aromatic rings. The summed E-state index contributed by atoms with van der Waals surface area (Å²) >= 11 is 8.24. The largest absolute Gasteiger partial charge is 0.375 e. The molecule has 0 bridgehead atoms. The van der Waals surface area contributed by atoms with E-state index in [0.717, 1.165) is 22.6 Å². The van der Waals surface area contributed by atoms with Gasteiger partial charge in [-0.15, -0.1) is 11.3 Å². The third-order valence-corrected chi connectivity index (χ3v) is 6.83. The first-order chi connectivity index (χ1) is 13.7. The van der Waals surface area contributed by atoms with Crippen molar-refractivity contribution in [2.75, 3.05) is 10.6 Å². The van der Waals surface area contributed by atoms with Gasteiger partial charge in [-0.2, -0.15) is 0 Å². The normalized spacial score (nSPS) is 23.5. The number of para-hydroxylation sites is 2. The van der Waals surface area contributed by atoms with Gasteiger partial charge in [0.1, 0.15) is 5.78 Å². The number of nitrogens with one attached hydrogen (secondary N) is 2. The van der Waals surface area contributed by atoms with Crippen molar-refractivity contribution in [3.05, 3.63) is 93.3 Å². The van der Waals surface area contributed by atoms with Crippen LogP contribution in [-0.4, -0.2) is 5.78 Å². The zero-order valence-electron chi connectivity index (χ0n) is 15.1. The van der Waals surface area contributed by atoms with Crippen LogP contribution in [0.25, 0.3) is 0 Å². The van der Waals surface area contributed by atoms with Crippen molar-refractivity contribution in [2.24, 2.45) is 5.92 Å². The molecule has 0 spiro atoms. The molecule has 5 rings (SSSR count). The van der Waals surface area contributed by atoms with Gasteiger partial charge in [0, 0.05) is 27.9 Å². The summed E-state index contributed by atoms with van der Waals surface area (Å²) in [4.78, 5) is 14.6. The van der Waals surface area contributed by atoms with Crippen LogP contribution in [0.4, 0.5) is 11.4 Å². The summed E-state index contributed by atoms with van der Waals surface area (Å²) < 4.78 is 0. The second-order valence-electron chi connectivity index (χ2n) is 7.21. The third kappa shape index (κ3) is 3.03. The Morgan fingerprint density at radius 3 is 2.54 bits per heavy atom. The van der Waals surface area contributed by atoms with Gasteiger partial charge in [0.15, 0.2) is 0 Å². The second-order valence-corrected chi connectivity index (χ2v) is 8.59. The van der Waals surface area contributed by atoms with Crippen molar-refractivity contribution in [2.45, 2.75) is 18.4 Å². The maximum Gasteiger partial charge on any atom is 0.145 e. The molecule has 140 valence electrons. The fourth-order valence-corrected chi connectivity index (χ4v) is 5.23. The van der Waals surface area contributed by atoms with E-state index in [2.05, 4.69) is 28.2 Å². The van der Waals surface area contributed by atoms with Gasteiger partial charge < -0.3 is 10.6 Å². The van der Waals surface area contributed by atoms with Gasteiger partial charge in [-0.1, -0.05) is 54.1 Å². The summed E-state index contributed by atoms with van der Waals surface area (Å²) in [6.45, 7) is 0. The topological polar surface area (TPSA) is 41.1 Å². The lowest BCUT2D eigenvalue weighted by Gasteiger charge is -2.32. The fraction of sp³-hybridized carbons (Fsp3) is 0.174. The van der Waals surface area contributed by atoms with E-state index in [1.807, 2.05) is 54.6 Å². The zero-order valence-corrected chi connectivity index (χ0v) is 16.6. The first-order valence-electron chi connectivity index (χ1n) is 9.35. The van der Waals surface area contributed by atoms with E-state index in [9.17, 15) is 4.79 Å². The molecule has 0 saturated heterocycles. The maximum absolute atomic E-state index is 13.4. The van der Waals surface area contributed by atoms with Gasteiger partial charge in [0.05, 0.1) is 23.3 Å². The van der Waals surface area contributed by atoms with Gasteiger partial charge in [0.2, 0.25) is 0 Å². The average molecular weight is 407 g/mol. The first kappa shape index (κ1) is 17.5. The Balaban J connectivity index is 1.66. The van der Waals surface area contributed by atoms with Crippen LogP contribution in [0.1, 0.15) is 28.8 Å². The van der Waals surface area contributed by atoms with Crippen LogP contribution in [0.2, 0.25) is 5.02 Å². The van der Waals surface area contributed by atoms with Crippen LogP contribution in [0.5, 0.6) is 0 Å². The lowest BCUT2D eigenvalue weighted by molar-refractivity contribution is -0.122. The number of hydrogen-bond acceptors (Lipinski definition) is 4. The molecule has 1 aliphatic carbocycles. The van der Waals surface area contributed by atoms with Gasteiger partial charge in [-0.05, 0) is 35.2 Å². The quantitative estimate of drug-likeness (QED) is 0.529. The molecule has 0 amide bonds. The van der Waals surface area contributed by atoms with Crippen LogP contribution in [0, 0.1) is 5.92 Å². The molecule has 2 heterocycles. The van der Waals surface area contributed by atoms with Gasteiger partial charge >= 0.3 is 0 Å². The fourth-order valence-electron chi connectivity index (χ4n) is 4.18. The molecule has 1 aromatic heterocycles. The molecule has 2 N–H and O–H groups in total. The van der Waals surface area contributed by atoms with E-state index >= 15 is 0 Å². The Kier molecular flexibility index (Phi) is 4.46. The van der Waals surface area contributed by atoms with Crippen molar-refractivity contribution in [3.8, 4) is 0 Å². The van der Waals surface area contributed by atoms with Crippen molar-refractivity contribution in [1.29, 1.82) is 0 Å². The molecule has 3 unspecified atom stereocenters. The van der Waals surface area contributed by atoms with Gasteiger partial charge in [-0.25, -0.2) is 0 Å². The smallest absolute Gasteiger partial charge is 0.145 e. The number of Topliss-reactive ketones (excluding diaryl/α,β-unsaturated/α-hetero) is 1. The highest BCUT2D eigenvalue weighted by atomic mass is 35.5. The Hall–Kier alpha value is -2.56. The number of carbonyl (C=O) groups excluding carboxylic acids is 1. The molecule has 1 aliphatic heterocycles. The van der Waals surface area contributed by atoms with Crippen molar-refractivity contribution < 1.29 is 4.79 Å². The van der Waals surface area contributed by atoms with Crippen LogP contribution >= 0.6 is 22.9 Å². The standard InChI is InChI=1S/C23H19ClN2OS/c24-16-7-2-1-6-15(16)23-22-19(25-17-8-3-4-9-18(17)26-23)12-14(13-20(22)27)21-10-5-11-28-21/h1-12,14,22-23,25-26H,13H2. The summed E-state index contributed by atoms with van der Waals surface area (Å²) in [5, 5.41) is 9.87. The molecule has 2 aliphatic rings. The summed E-state index contributed by atoms with van der Waals surface area (Å²) in [7, 11) is 0. The average Bonchev–Trinajstić information content (AvgIpc) is 3.17. The van der Waals surface area contributed by atoms with Crippen LogP contribution in [-0.2, 0) is 4.79 Å². The molecular weight excluding hydrogens is 388 g/mol. The summed E-state index contributed by atoms with van der Waals surface area (Å²) in [6, 6.07) is 19.8. The summed E-state index contributed by atoms with van der Waals surface area (Å²) in [6.07, 6.45) is 2.74. The minimum Gasteiger partial charge on any atom is -0.375 e. The molecule has 0 radical (unpaired) electrons. The Bertz CT molecular complexity index is 1060. The van der Waals surface area contributed by atoms with Crippen molar-refractivity contribution in [3.63, 3.8) is 0 Å². The third-order valence-electron chi connectivity index (χ3n) is 5.48. The Labute approximate surface area is 173 Å². The molecule has 0 fully saturated rings. The number of fused-ring (bicyclic) bond motifs is 2. The highest BCUT2D eigenvalue weighted by Crippen LogP contribution is 2.45. The monoisotopic (exact) mass is 406 g/mol. The first-order valence-corrected chi connectivity index (χ1v) is 10.6. The molecule has 3 nitrogen and oxygen atoms in total. The number of allylic oxidation sites excluding steroid dienone is 1. The number of halogens is 1. The molecule has 5 heteroatoms. The van der Waals surface area contributed by atoms with Crippen LogP contribution in [0.15, 0.2) is 77.8 Å². The lowest BCUT2D eigenvalue weighted by atomic mass is 9.78. The van der Waals surface area contributed by atoms with Crippen molar-refractivity contribution >= 4 is 40.1 Å². The molecule has 2 aromatic carbocycles. The Morgan fingerprint density at radius 1 is 0.964 bits per heavy atom. The predicted molar refractivity (Wildman–Crippen MR) is 116 cm³/mol. The number of carbonyl (C=O) groups is 1. The van der Waals surface area contributed by atoms with E-state index in [0.29, 0.717) is 11.4 Å². The number of hydrogen-bond donors (Lipinski definition) is 2. The van der Waals surface area contributed by atoms with E-state index in [1.165, 1.54) is 4.88 Å². The predicted octanol–water partition coefficient (Wildman–Crippen LogP) is 6.24. The highest BCUT2D eigenvalue weighted by molar-refractivity contribution is 7.10. The zero-order chi connectivity index (χ0) is 19.1. The number of rotatable bonds is 2. The highest BCUT2D eigenvalue weighted by Gasteiger charge is 2.40. The SMILES string of the molecule is O=C1CC(c2cccs2)C=C2Nc3ccccc3NC(c3ccccc3Cl)C12. The summed E-state index contributed by atoms with van der Waals surface area (Å²) in [5.74, 6) is 0.0422. The maximum atomic E-state index is 13.4. The van der Waals surface area contributed by atoms with E-state index in [4.69, 9.17) is 11.6 Å². The molecular formula is C23H19ClN2OS. The second kappa shape index (κ2) is 7.12. The number of thiophene rings is 1. The minimum absolute atomic E-state index is 0.114. The number of anilines is 2. The van der Waals surface area contributed by atoms with E-state index in [1.54, 1.807) is 11.3 Å². The number of ketones is 1. The Morgan fingerprint density at radius 2 is 1.75 bits per heavy atom. The minimum atomic E-state index is -0.302. The number of benzene rings is 2. The van der Waals surface area contributed by atoms with E-state index < -0.39 is 0 Å². The summed E-state index contributed by atoms with van der Waals surface area (Å²) in [5.41, 5.74) is 3.86. The van der Waals surface area contributed by atoms with E-state index in [-0.39, 0.29) is 23.7 Å². The van der Waals surface area contributed by atoms with Crippen LogP contribution < -0.4 is 10.6 Å². The van der Waals surface area contributed by atoms with Gasteiger partial charge in [0.25, 0.3) is 0 Å². The molecule has 28 heavy (non-hydrogen) atoms.